The molecule has 0 saturated carbocycles. The summed E-state index contributed by atoms with van der Waals surface area (Å²) < 4.78 is 0. The monoisotopic (exact) mass is 352 g/mol. The Hall–Kier alpha value is -2.02. The van der Waals surface area contributed by atoms with Crippen LogP contribution in [-0.4, -0.2) is 51.9 Å². The van der Waals surface area contributed by atoms with Gasteiger partial charge in [-0.2, -0.15) is 0 Å². The molecule has 0 aromatic heterocycles. The van der Waals surface area contributed by atoms with Gasteiger partial charge in [0.15, 0.2) is 0 Å². The second-order valence-electron chi connectivity index (χ2n) is 5.44. The van der Waals surface area contributed by atoms with Crippen molar-refractivity contribution in [3.8, 4) is 0 Å². The smallest absolute Gasteiger partial charge is 0.313 e. The third-order valence-electron chi connectivity index (χ3n) is 3.31. The third kappa shape index (κ3) is 7.50. The summed E-state index contributed by atoms with van der Waals surface area (Å²) in [6.07, 6.45) is 0.976. The summed E-state index contributed by atoms with van der Waals surface area (Å²) in [5.41, 5.74) is 0.722. The Morgan fingerprint density at radius 3 is 2.46 bits per heavy atom. The van der Waals surface area contributed by atoms with Crippen molar-refractivity contribution < 1.29 is 19.5 Å². The van der Waals surface area contributed by atoms with Crippen LogP contribution in [0.25, 0.3) is 0 Å². The summed E-state index contributed by atoms with van der Waals surface area (Å²) in [5, 5.41) is 11.4. The minimum absolute atomic E-state index is 0.103. The number of rotatable bonds is 10. The number of benzene rings is 1. The van der Waals surface area contributed by atoms with Gasteiger partial charge >= 0.3 is 5.97 Å². The molecule has 0 radical (unpaired) electrons. The van der Waals surface area contributed by atoms with Gasteiger partial charge in [0.2, 0.25) is 11.8 Å². The summed E-state index contributed by atoms with van der Waals surface area (Å²) in [6.45, 7) is 4.34. The molecule has 7 heteroatoms. The van der Waals surface area contributed by atoms with Crippen molar-refractivity contribution in [1.29, 1.82) is 0 Å². The second kappa shape index (κ2) is 10.7. The van der Waals surface area contributed by atoms with E-state index in [-0.39, 0.29) is 35.8 Å². The van der Waals surface area contributed by atoms with Crippen LogP contribution in [0.15, 0.2) is 30.3 Å². The summed E-state index contributed by atoms with van der Waals surface area (Å²) in [7, 11) is 0. The fourth-order valence-corrected chi connectivity index (χ4v) is 2.87. The molecule has 0 heterocycles. The molecule has 0 bridgehead atoms. The molecule has 1 aromatic carbocycles. The van der Waals surface area contributed by atoms with E-state index in [0.717, 1.165) is 23.9 Å². The number of para-hydroxylation sites is 1. The number of nitrogens with one attached hydrogen (secondary N) is 1. The van der Waals surface area contributed by atoms with Crippen molar-refractivity contribution in [2.24, 2.45) is 0 Å². The average Bonchev–Trinajstić information content (AvgIpc) is 2.52. The Morgan fingerprint density at radius 2 is 1.88 bits per heavy atom. The molecule has 2 N–H and O–H groups in total. The van der Waals surface area contributed by atoms with Crippen LogP contribution in [0.4, 0.5) is 5.69 Å². The predicted molar refractivity (Wildman–Crippen MR) is 96.1 cm³/mol. The Morgan fingerprint density at radius 1 is 1.21 bits per heavy atom. The van der Waals surface area contributed by atoms with Crippen LogP contribution in [0.1, 0.15) is 26.7 Å². The topological polar surface area (TPSA) is 86.7 Å². The van der Waals surface area contributed by atoms with Gasteiger partial charge in [-0.05, 0) is 25.5 Å². The summed E-state index contributed by atoms with van der Waals surface area (Å²) in [4.78, 5) is 36.6. The van der Waals surface area contributed by atoms with Crippen LogP contribution in [0.2, 0.25) is 0 Å². The van der Waals surface area contributed by atoms with Crippen LogP contribution in [0.3, 0.4) is 0 Å². The van der Waals surface area contributed by atoms with Crippen molar-refractivity contribution in [2.45, 2.75) is 32.7 Å². The molecule has 6 nitrogen and oxygen atoms in total. The molecule has 0 fully saturated rings. The fraction of sp³-hybridized carbons (Fsp3) is 0.471. The Balaban J connectivity index is 2.55. The molecule has 1 rings (SSSR count). The van der Waals surface area contributed by atoms with E-state index in [1.165, 1.54) is 0 Å². The van der Waals surface area contributed by atoms with Crippen molar-refractivity contribution in [3.05, 3.63) is 30.3 Å². The van der Waals surface area contributed by atoms with Gasteiger partial charge in [0.05, 0.1) is 11.5 Å². The highest BCUT2D eigenvalue weighted by molar-refractivity contribution is 8.00. The maximum absolute atomic E-state index is 12.3. The molecule has 0 aliphatic rings. The lowest BCUT2D eigenvalue weighted by Gasteiger charge is -2.28. The van der Waals surface area contributed by atoms with Gasteiger partial charge < -0.3 is 15.3 Å². The van der Waals surface area contributed by atoms with E-state index in [1.54, 1.807) is 17.0 Å². The number of anilines is 1. The third-order valence-corrected chi connectivity index (χ3v) is 4.21. The van der Waals surface area contributed by atoms with E-state index >= 15 is 0 Å². The zero-order valence-corrected chi connectivity index (χ0v) is 14.8. The van der Waals surface area contributed by atoms with Gasteiger partial charge in [-0.3, -0.25) is 14.4 Å². The number of nitrogens with zero attached hydrogens (tertiary/aromatic N) is 1. The molecule has 1 atom stereocenters. The van der Waals surface area contributed by atoms with Crippen molar-refractivity contribution in [3.63, 3.8) is 0 Å². The first-order valence-corrected chi connectivity index (χ1v) is 9.03. The van der Waals surface area contributed by atoms with E-state index in [4.69, 9.17) is 5.11 Å². The van der Waals surface area contributed by atoms with Gasteiger partial charge in [-0.25, -0.2) is 0 Å². The quantitative estimate of drug-likeness (QED) is 0.675. The van der Waals surface area contributed by atoms with Gasteiger partial charge in [0.25, 0.3) is 0 Å². The number of aliphatic carboxylic acids is 1. The first-order chi connectivity index (χ1) is 11.4. The van der Waals surface area contributed by atoms with E-state index in [1.807, 2.05) is 32.0 Å². The van der Waals surface area contributed by atoms with E-state index in [9.17, 15) is 14.4 Å². The zero-order chi connectivity index (χ0) is 17.9. The van der Waals surface area contributed by atoms with Crippen molar-refractivity contribution >= 4 is 35.2 Å². The average molecular weight is 352 g/mol. The van der Waals surface area contributed by atoms with Crippen molar-refractivity contribution in [1.82, 2.24) is 4.90 Å². The number of amides is 2. The maximum Gasteiger partial charge on any atom is 0.313 e. The molecule has 24 heavy (non-hydrogen) atoms. The molecule has 0 saturated heterocycles. The molecule has 2 amide bonds. The highest BCUT2D eigenvalue weighted by Gasteiger charge is 2.21. The first-order valence-electron chi connectivity index (χ1n) is 7.88. The van der Waals surface area contributed by atoms with Gasteiger partial charge in [-0.1, -0.05) is 25.1 Å². The standard InChI is InChI=1S/C17H24N2O4S/c1-3-9-19(16(21)11-24-12-17(22)23)13(2)10-15(20)18-14-7-5-4-6-8-14/h4-8,13H,3,9-12H2,1-2H3,(H,18,20)(H,22,23). The SMILES string of the molecule is CCCN(C(=O)CSCC(=O)O)C(C)CC(=O)Nc1ccccc1. The summed E-state index contributed by atoms with van der Waals surface area (Å²) in [6, 6.07) is 8.91. The lowest BCUT2D eigenvalue weighted by Crippen LogP contribution is -2.42. The van der Waals surface area contributed by atoms with Crippen LogP contribution >= 0.6 is 11.8 Å². The normalized spacial score (nSPS) is 11.6. The first kappa shape index (κ1) is 20.0. The Kier molecular flexibility index (Phi) is 8.93. The minimum atomic E-state index is -0.940. The van der Waals surface area contributed by atoms with Crippen LogP contribution in [0, 0.1) is 0 Å². The number of carbonyl (C=O) groups excluding carboxylic acids is 2. The summed E-state index contributed by atoms with van der Waals surface area (Å²) >= 11 is 1.07. The second-order valence-corrected chi connectivity index (χ2v) is 6.43. The van der Waals surface area contributed by atoms with E-state index < -0.39 is 5.97 Å². The number of thioether (sulfide) groups is 1. The highest BCUT2D eigenvalue weighted by Crippen LogP contribution is 2.12. The van der Waals surface area contributed by atoms with Crippen molar-refractivity contribution in [2.75, 3.05) is 23.4 Å². The van der Waals surface area contributed by atoms with Crippen LogP contribution in [-0.2, 0) is 14.4 Å². The molecule has 0 spiro atoms. The van der Waals surface area contributed by atoms with Gasteiger partial charge in [0, 0.05) is 24.7 Å². The Labute approximate surface area is 146 Å². The zero-order valence-electron chi connectivity index (χ0n) is 14.0. The molecular weight excluding hydrogens is 328 g/mol. The van der Waals surface area contributed by atoms with Crippen LogP contribution in [0.5, 0.6) is 0 Å². The molecule has 132 valence electrons. The number of hydrogen-bond donors (Lipinski definition) is 2. The number of carboxylic acid groups (broad SMARTS) is 1. The molecule has 0 aliphatic heterocycles. The number of carbonyl (C=O) groups is 3. The fourth-order valence-electron chi connectivity index (χ4n) is 2.25. The Bertz CT molecular complexity index is 551. The predicted octanol–water partition coefficient (Wildman–Crippen LogP) is 2.46. The molecule has 0 aliphatic carbocycles. The van der Waals surface area contributed by atoms with Gasteiger partial charge in [-0.15, -0.1) is 11.8 Å². The number of hydrogen-bond acceptors (Lipinski definition) is 4. The summed E-state index contributed by atoms with van der Waals surface area (Å²) in [5.74, 6) is -1.22. The lowest BCUT2D eigenvalue weighted by molar-refractivity contribution is -0.134. The lowest BCUT2D eigenvalue weighted by atomic mass is 10.1. The van der Waals surface area contributed by atoms with E-state index in [2.05, 4.69) is 5.32 Å². The largest absolute Gasteiger partial charge is 0.481 e. The maximum atomic E-state index is 12.3. The van der Waals surface area contributed by atoms with Crippen LogP contribution < -0.4 is 5.32 Å². The number of carboxylic acids is 1. The van der Waals surface area contributed by atoms with E-state index in [0.29, 0.717) is 6.54 Å². The molecule has 1 aromatic rings. The molecule has 1 unspecified atom stereocenters. The molecular formula is C17H24N2O4S. The highest BCUT2D eigenvalue weighted by atomic mass is 32.2. The van der Waals surface area contributed by atoms with Gasteiger partial charge in [0.1, 0.15) is 0 Å². The minimum Gasteiger partial charge on any atom is -0.481 e.